The molecule has 0 aliphatic rings. The van der Waals surface area contributed by atoms with Crippen LogP contribution in [0.1, 0.15) is 26.3 Å². The smallest absolute Gasteiger partial charge is 0.146 e. The molecule has 0 saturated heterocycles. The Morgan fingerprint density at radius 3 is 2.00 bits per heavy atom. The van der Waals surface area contributed by atoms with E-state index in [1.165, 1.54) is 6.92 Å². The highest BCUT2D eigenvalue weighted by Crippen LogP contribution is 2.22. The summed E-state index contributed by atoms with van der Waals surface area (Å²) in [6, 6.07) is 5.09. The summed E-state index contributed by atoms with van der Waals surface area (Å²) in [7, 11) is 0. The zero-order chi connectivity index (χ0) is 13.9. The van der Waals surface area contributed by atoms with E-state index < -0.39 is 5.92 Å². The van der Waals surface area contributed by atoms with Crippen LogP contribution in [0.4, 0.5) is 0 Å². The minimum absolute atomic E-state index is 0.0430. The van der Waals surface area contributed by atoms with Gasteiger partial charge in [-0.3, -0.25) is 9.59 Å². The fourth-order valence-corrected chi connectivity index (χ4v) is 2.38. The predicted molar refractivity (Wildman–Crippen MR) is 74.2 cm³/mol. The van der Waals surface area contributed by atoms with Crippen LogP contribution in [0.3, 0.4) is 0 Å². The van der Waals surface area contributed by atoms with Crippen LogP contribution in [-0.2, 0) is 16.0 Å². The Morgan fingerprint density at radius 1 is 1.11 bits per heavy atom. The Balaban J connectivity index is 2.97. The van der Waals surface area contributed by atoms with Gasteiger partial charge in [0, 0.05) is 16.0 Å². The highest BCUT2D eigenvalue weighted by atomic mass is 35.5. The second-order valence-electron chi connectivity index (χ2n) is 4.70. The molecule has 0 aliphatic carbocycles. The first-order valence-corrected chi connectivity index (χ1v) is 6.56. The molecule has 2 nitrogen and oxygen atoms in total. The van der Waals surface area contributed by atoms with Crippen molar-refractivity contribution >= 4 is 34.8 Å². The second-order valence-corrected chi connectivity index (χ2v) is 5.57. The van der Waals surface area contributed by atoms with Crippen LogP contribution in [0.2, 0.25) is 10.0 Å². The van der Waals surface area contributed by atoms with Gasteiger partial charge >= 0.3 is 0 Å². The SMILES string of the molecule is CC(=O)C(Cc1cc(Cl)cc(Cl)c1)C(=O)C(C)C. The second kappa shape index (κ2) is 6.35. The summed E-state index contributed by atoms with van der Waals surface area (Å²) < 4.78 is 0. The molecule has 18 heavy (non-hydrogen) atoms. The largest absolute Gasteiger partial charge is 0.299 e. The lowest BCUT2D eigenvalue weighted by atomic mass is 9.87. The van der Waals surface area contributed by atoms with Gasteiger partial charge in [0.2, 0.25) is 0 Å². The molecule has 1 aromatic carbocycles. The Hall–Kier alpha value is -0.860. The molecule has 0 amide bonds. The Bertz CT molecular complexity index is 447. The van der Waals surface area contributed by atoms with E-state index in [0.717, 1.165) is 5.56 Å². The number of hydrogen-bond acceptors (Lipinski definition) is 2. The average molecular weight is 287 g/mol. The van der Waals surface area contributed by atoms with Crippen molar-refractivity contribution in [2.75, 3.05) is 0 Å². The van der Waals surface area contributed by atoms with E-state index in [-0.39, 0.29) is 17.5 Å². The van der Waals surface area contributed by atoms with Crippen molar-refractivity contribution in [3.05, 3.63) is 33.8 Å². The number of benzene rings is 1. The predicted octanol–water partition coefficient (Wildman–Crippen LogP) is 3.97. The molecule has 0 radical (unpaired) electrons. The topological polar surface area (TPSA) is 34.1 Å². The van der Waals surface area contributed by atoms with Crippen molar-refractivity contribution in [1.82, 2.24) is 0 Å². The van der Waals surface area contributed by atoms with E-state index in [0.29, 0.717) is 16.5 Å². The fourth-order valence-electron chi connectivity index (χ4n) is 1.81. The van der Waals surface area contributed by atoms with Crippen LogP contribution >= 0.6 is 23.2 Å². The highest BCUT2D eigenvalue weighted by Gasteiger charge is 2.25. The van der Waals surface area contributed by atoms with Gasteiger partial charge in [0.05, 0.1) is 5.92 Å². The monoisotopic (exact) mass is 286 g/mol. The first-order chi connectivity index (χ1) is 8.31. The van der Waals surface area contributed by atoms with Crippen molar-refractivity contribution in [1.29, 1.82) is 0 Å². The Morgan fingerprint density at radius 2 is 1.61 bits per heavy atom. The Kier molecular flexibility index (Phi) is 5.36. The van der Waals surface area contributed by atoms with Crippen molar-refractivity contribution in [3.8, 4) is 0 Å². The minimum Gasteiger partial charge on any atom is -0.299 e. The van der Waals surface area contributed by atoms with Crippen molar-refractivity contribution in [2.24, 2.45) is 11.8 Å². The van der Waals surface area contributed by atoms with Crippen molar-refractivity contribution < 1.29 is 9.59 Å². The molecule has 0 spiro atoms. The molecule has 0 aliphatic heterocycles. The summed E-state index contributed by atoms with van der Waals surface area (Å²) in [6.07, 6.45) is 0.354. The molecule has 0 aromatic heterocycles. The lowest BCUT2D eigenvalue weighted by molar-refractivity contribution is -0.133. The molecule has 0 saturated carbocycles. The van der Waals surface area contributed by atoms with Crippen LogP contribution < -0.4 is 0 Å². The summed E-state index contributed by atoms with van der Waals surface area (Å²) in [5.74, 6) is -0.934. The maximum Gasteiger partial charge on any atom is 0.146 e. The van der Waals surface area contributed by atoms with Gasteiger partial charge in [0.15, 0.2) is 0 Å². The normalized spacial score (nSPS) is 12.6. The highest BCUT2D eigenvalue weighted by molar-refractivity contribution is 6.34. The van der Waals surface area contributed by atoms with E-state index in [9.17, 15) is 9.59 Å². The minimum atomic E-state index is -0.612. The molecule has 1 atom stereocenters. The molecule has 0 heterocycles. The average Bonchev–Trinajstić information content (AvgIpc) is 2.23. The number of carbonyl (C=O) groups excluding carboxylic acids is 2. The third-order valence-corrected chi connectivity index (χ3v) is 3.20. The summed E-state index contributed by atoms with van der Waals surface area (Å²) in [6.45, 7) is 5.03. The summed E-state index contributed by atoms with van der Waals surface area (Å²) in [5.41, 5.74) is 0.807. The van der Waals surface area contributed by atoms with Gasteiger partial charge in [-0.05, 0) is 37.1 Å². The van der Waals surface area contributed by atoms with Gasteiger partial charge in [-0.25, -0.2) is 0 Å². The van der Waals surface area contributed by atoms with Crippen molar-refractivity contribution in [3.63, 3.8) is 0 Å². The Labute approximate surface area is 117 Å². The van der Waals surface area contributed by atoms with E-state index in [1.807, 2.05) is 0 Å². The molecule has 4 heteroatoms. The number of ketones is 2. The molecular formula is C14H16Cl2O2. The molecule has 0 bridgehead atoms. The summed E-state index contributed by atoms with van der Waals surface area (Å²) in [5, 5.41) is 1.02. The number of Topliss-reactive ketones (excluding diaryl/α,β-unsaturated/α-hetero) is 2. The quantitative estimate of drug-likeness (QED) is 0.768. The maximum atomic E-state index is 12.0. The first-order valence-electron chi connectivity index (χ1n) is 5.80. The van der Waals surface area contributed by atoms with Gasteiger partial charge in [-0.2, -0.15) is 0 Å². The van der Waals surface area contributed by atoms with Gasteiger partial charge in [-0.15, -0.1) is 0 Å². The van der Waals surface area contributed by atoms with Crippen LogP contribution in [0.25, 0.3) is 0 Å². The van der Waals surface area contributed by atoms with Gasteiger partial charge < -0.3 is 0 Å². The van der Waals surface area contributed by atoms with E-state index in [1.54, 1.807) is 32.0 Å². The zero-order valence-corrected chi connectivity index (χ0v) is 12.2. The molecule has 1 unspecified atom stereocenters. The third kappa shape index (κ3) is 4.11. The molecular weight excluding hydrogens is 271 g/mol. The lowest BCUT2D eigenvalue weighted by Gasteiger charge is -2.15. The first kappa shape index (κ1) is 15.2. The molecule has 0 fully saturated rings. The van der Waals surface area contributed by atoms with Gasteiger partial charge in [0.25, 0.3) is 0 Å². The van der Waals surface area contributed by atoms with Crippen LogP contribution in [0.15, 0.2) is 18.2 Å². The van der Waals surface area contributed by atoms with E-state index in [4.69, 9.17) is 23.2 Å². The molecule has 1 aromatic rings. The van der Waals surface area contributed by atoms with Crippen LogP contribution in [0, 0.1) is 11.8 Å². The van der Waals surface area contributed by atoms with Gasteiger partial charge in [-0.1, -0.05) is 37.0 Å². The molecule has 98 valence electrons. The van der Waals surface area contributed by atoms with Crippen molar-refractivity contribution in [2.45, 2.75) is 27.2 Å². The lowest BCUT2D eigenvalue weighted by Crippen LogP contribution is -2.28. The maximum absolute atomic E-state index is 12.0. The summed E-state index contributed by atoms with van der Waals surface area (Å²) in [4.78, 5) is 23.5. The van der Waals surface area contributed by atoms with Crippen LogP contribution in [-0.4, -0.2) is 11.6 Å². The number of carbonyl (C=O) groups is 2. The van der Waals surface area contributed by atoms with E-state index >= 15 is 0 Å². The van der Waals surface area contributed by atoms with Crippen LogP contribution in [0.5, 0.6) is 0 Å². The van der Waals surface area contributed by atoms with E-state index in [2.05, 4.69) is 0 Å². The number of hydrogen-bond donors (Lipinski definition) is 0. The third-order valence-electron chi connectivity index (χ3n) is 2.77. The molecule has 0 N–H and O–H groups in total. The number of halogens is 2. The zero-order valence-electron chi connectivity index (χ0n) is 10.7. The standard InChI is InChI=1S/C14H16Cl2O2/c1-8(2)14(18)13(9(3)17)6-10-4-11(15)7-12(16)5-10/h4-5,7-8,13H,6H2,1-3H3. The fraction of sp³-hybridized carbons (Fsp3) is 0.429. The summed E-state index contributed by atoms with van der Waals surface area (Å²) >= 11 is 11.8. The number of rotatable bonds is 5. The van der Waals surface area contributed by atoms with Gasteiger partial charge in [0.1, 0.15) is 11.6 Å². The molecule has 1 rings (SSSR count).